The van der Waals surface area contributed by atoms with Gasteiger partial charge in [0.2, 0.25) is 0 Å². The van der Waals surface area contributed by atoms with Gasteiger partial charge in [-0.05, 0) is 0 Å². The predicted octanol–water partition coefficient (Wildman–Crippen LogP) is -0.388. The summed E-state index contributed by atoms with van der Waals surface area (Å²) in [5, 5.41) is 0. The summed E-state index contributed by atoms with van der Waals surface area (Å²) in [6.45, 7) is 0. The van der Waals surface area contributed by atoms with Gasteiger partial charge in [0.05, 0.1) is 0 Å². The van der Waals surface area contributed by atoms with Crippen LogP contribution in [0.2, 0.25) is 0 Å². The fourth-order valence-electron chi connectivity index (χ4n) is 0. The van der Waals surface area contributed by atoms with Crippen molar-refractivity contribution in [3.8, 4) is 0 Å². The van der Waals surface area contributed by atoms with E-state index in [9.17, 15) is 0 Å². The fraction of sp³-hybridized carbons (Fsp3) is 0. The zero-order chi connectivity index (χ0) is 0. The monoisotopic (exact) mass is 303 g/mol. The Labute approximate surface area is 63.5 Å². The summed E-state index contributed by atoms with van der Waals surface area (Å²) in [5.74, 6) is 0. The Morgan fingerprint density at radius 3 is 1.00 bits per heavy atom. The molecule has 0 fully saturated rings. The molecule has 0 aliphatic heterocycles. The van der Waals surface area contributed by atoms with Crippen molar-refractivity contribution in [2.45, 2.75) is 0 Å². The van der Waals surface area contributed by atoms with Gasteiger partial charge in [-0.3, -0.25) is 0 Å². The molecule has 0 rings (SSSR count). The Balaban J connectivity index is 0. The van der Waals surface area contributed by atoms with Crippen LogP contribution >= 0.6 is 0 Å². The van der Waals surface area contributed by atoms with Crippen LogP contribution in [0.15, 0.2) is 0 Å². The summed E-state index contributed by atoms with van der Waals surface area (Å²) in [6, 6.07) is 0. The minimum atomic E-state index is 0. The van der Waals surface area contributed by atoms with E-state index in [1.54, 1.807) is 0 Å². The average Bonchev–Trinajstić information content (AvgIpc) is 0. The van der Waals surface area contributed by atoms with Gasteiger partial charge in [-0.2, -0.15) is 0 Å². The Bertz CT molecular complexity index is 8.00. The van der Waals surface area contributed by atoms with E-state index in [1.807, 2.05) is 0 Å². The maximum atomic E-state index is 0. The van der Waals surface area contributed by atoms with Crippen molar-refractivity contribution in [2.24, 2.45) is 0 Å². The van der Waals surface area contributed by atoms with Gasteiger partial charge in [-0.25, -0.2) is 0 Å². The Kier molecular flexibility index (Phi) is 220. The first-order valence-electron chi connectivity index (χ1n) is 0. The molecule has 0 spiro atoms. The van der Waals surface area contributed by atoms with E-state index in [1.165, 1.54) is 0 Å². The van der Waals surface area contributed by atoms with Crippen molar-refractivity contribution in [2.75, 3.05) is 0 Å². The summed E-state index contributed by atoms with van der Waals surface area (Å²) in [5.41, 5.74) is 0. The van der Waals surface area contributed by atoms with E-state index >= 15 is 0 Å². The zero-order valence-corrected chi connectivity index (χ0v) is 7.06. The topological polar surface area (TPSA) is 0 Å². The van der Waals surface area contributed by atoms with Crippen LogP contribution in [0.1, 0.15) is 0 Å². The molecule has 0 nitrogen and oxygen atoms in total. The van der Waals surface area contributed by atoms with Crippen LogP contribution in [0.3, 0.4) is 0 Å². The third kappa shape index (κ3) is 9.19. The molecule has 0 unspecified atom stereocenters. The third-order valence-corrected chi connectivity index (χ3v) is 0. The standard InChI is InChI=1S/B.Cr.Fe.W. The SMILES string of the molecule is [B].[Cr].[Fe].[W]. The van der Waals surface area contributed by atoms with Gasteiger partial charge in [-0.15, -0.1) is 0 Å². The Hall–Kier alpha value is 1.81. The largest absolute Gasteiger partial charge is 0 e. The molecular formula is BCrFeW. The molecule has 0 aromatic rings. The molecule has 4 heavy (non-hydrogen) atoms. The van der Waals surface area contributed by atoms with Crippen LogP contribution < -0.4 is 0 Å². The molecule has 0 bridgehead atoms. The first-order valence-corrected chi connectivity index (χ1v) is 0. The van der Waals surface area contributed by atoms with Crippen molar-refractivity contribution in [3.05, 3.63) is 0 Å². The van der Waals surface area contributed by atoms with Crippen molar-refractivity contribution >= 4 is 8.41 Å². The van der Waals surface area contributed by atoms with Gasteiger partial charge in [0, 0.05) is 63.9 Å². The number of hydrogen-bond acceptors (Lipinski definition) is 0. The fourth-order valence-corrected chi connectivity index (χ4v) is 0. The molecule has 0 heterocycles. The van der Waals surface area contributed by atoms with Crippen LogP contribution in [0.25, 0.3) is 0 Å². The summed E-state index contributed by atoms with van der Waals surface area (Å²) in [7, 11) is 0. The van der Waals surface area contributed by atoms with Gasteiger partial charge >= 0.3 is 0 Å². The molecule has 0 amide bonds. The molecule has 0 N–H and O–H groups in total. The molecule has 0 aromatic carbocycles. The van der Waals surface area contributed by atoms with Crippen molar-refractivity contribution in [3.63, 3.8) is 0 Å². The number of rotatable bonds is 0. The third-order valence-electron chi connectivity index (χ3n) is 0. The van der Waals surface area contributed by atoms with E-state index in [0.717, 1.165) is 0 Å². The summed E-state index contributed by atoms with van der Waals surface area (Å²) in [6.07, 6.45) is 0. The zero-order valence-electron chi connectivity index (χ0n) is 1.75. The minimum absolute atomic E-state index is 0. The molecule has 3 radical (unpaired) electrons. The Morgan fingerprint density at radius 1 is 1.00 bits per heavy atom. The smallest absolute Gasteiger partial charge is 0 e. The van der Waals surface area contributed by atoms with Gasteiger partial charge in [-0.1, -0.05) is 0 Å². The van der Waals surface area contributed by atoms with Crippen LogP contribution in [-0.4, -0.2) is 8.41 Å². The second-order valence-corrected chi connectivity index (χ2v) is 0. The van der Waals surface area contributed by atoms with E-state index in [0.29, 0.717) is 0 Å². The van der Waals surface area contributed by atoms with Crippen molar-refractivity contribution in [1.82, 2.24) is 0 Å². The molecule has 0 aliphatic rings. The molecule has 0 saturated carbocycles. The predicted molar refractivity (Wildman–Crippen MR) is 5.75 cm³/mol. The summed E-state index contributed by atoms with van der Waals surface area (Å²) >= 11 is 0. The maximum absolute atomic E-state index is 0. The summed E-state index contributed by atoms with van der Waals surface area (Å²) < 4.78 is 0. The van der Waals surface area contributed by atoms with Gasteiger partial charge in [0.1, 0.15) is 0 Å². The van der Waals surface area contributed by atoms with Crippen LogP contribution in [0.5, 0.6) is 0 Å². The van der Waals surface area contributed by atoms with E-state index in [-0.39, 0.29) is 63.9 Å². The van der Waals surface area contributed by atoms with Crippen LogP contribution in [0, 0.1) is 0 Å². The second-order valence-electron chi connectivity index (χ2n) is 0. The molecular weight excluding hydrogens is 302 g/mol. The first kappa shape index (κ1) is 41.1. The average molecular weight is 302 g/mol. The van der Waals surface area contributed by atoms with E-state index < -0.39 is 0 Å². The Morgan fingerprint density at radius 2 is 1.00 bits per heavy atom. The minimum Gasteiger partial charge on any atom is 0 e. The van der Waals surface area contributed by atoms with Gasteiger partial charge < -0.3 is 0 Å². The molecule has 0 saturated heterocycles. The quantitative estimate of drug-likeness (QED) is 0.535. The van der Waals surface area contributed by atoms with Crippen LogP contribution in [0.4, 0.5) is 0 Å². The van der Waals surface area contributed by atoms with Crippen molar-refractivity contribution in [1.29, 1.82) is 0 Å². The molecule has 23 valence electrons. The second kappa shape index (κ2) is 21.4. The maximum Gasteiger partial charge on any atom is 0 e. The molecule has 0 aromatic heterocycles. The molecule has 0 atom stereocenters. The normalized spacial score (nSPS) is 0. The van der Waals surface area contributed by atoms with E-state index in [2.05, 4.69) is 0 Å². The van der Waals surface area contributed by atoms with Crippen LogP contribution in [-0.2, 0) is 55.5 Å². The first-order chi connectivity index (χ1) is 0. The number of hydrogen-bond donors (Lipinski definition) is 0. The molecule has 0 aliphatic carbocycles. The molecule has 4 heteroatoms. The van der Waals surface area contributed by atoms with Gasteiger partial charge in [0.15, 0.2) is 0 Å². The van der Waals surface area contributed by atoms with E-state index in [4.69, 9.17) is 0 Å². The summed E-state index contributed by atoms with van der Waals surface area (Å²) in [4.78, 5) is 0. The van der Waals surface area contributed by atoms with Crippen molar-refractivity contribution < 1.29 is 55.5 Å². The van der Waals surface area contributed by atoms with Gasteiger partial charge in [0.25, 0.3) is 0 Å².